The zero-order valence-corrected chi connectivity index (χ0v) is 12.5. The van der Waals surface area contributed by atoms with Crippen LogP contribution < -0.4 is 4.84 Å². The molecule has 0 saturated heterocycles. The van der Waals surface area contributed by atoms with E-state index in [1.165, 1.54) is 0 Å². The van der Waals surface area contributed by atoms with E-state index in [9.17, 15) is 5.11 Å². The van der Waals surface area contributed by atoms with Gasteiger partial charge in [-0.05, 0) is 12.1 Å². The van der Waals surface area contributed by atoms with Crippen molar-refractivity contribution in [2.24, 2.45) is 0 Å². The zero-order valence-electron chi connectivity index (χ0n) is 8.74. The lowest BCUT2D eigenvalue weighted by Gasteiger charge is -2.10. The van der Waals surface area contributed by atoms with Gasteiger partial charge >= 0.3 is 0 Å². The Morgan fingerprint density at radius 2 is 2.29 bits per heavy atom. The number of H-pyrrole nitrogens is 2. The summed E-state index contributed by atoms with van der Waals surface area (Å²) in [6.45, 7) is 0. The lowest BCUT2D eigenvalue weighted by molar-refractivity contribution is 0.263. The van der Waals surface area contributed by atoms with Crippen molar-refractivity contribution in [3.05, 3.63) is 30.3 Å². The average Bonchev–Trinajstić information content (AvgIpc) is 2.34. The van der Waals surface area contributed by atoms with Gasteiger partial charge in [-0.25, -0.2) is 0 Å². The van der Waals surface area contributed by atoms with Gasteiger partial charge in [-0.15, -0.1) is 4.26 Å². The van der Waals surface area contributed by atoms with Crippen LogP contribution in [-0.4, -0.2) is 22.9 Å². The highest BCUT2D eigenvalue weighted by atomic mass is 31.2. The largest absolute Gasteiger partial charge is 0.385 e. The molecule has 3 unspecified atom stereocenters. The monoisotopic (exact) mass is 308 g/mol. The molecule has 2 aromatic rings. The summed E-state index contributed by atoms with van der Waals surface area (Å²) in [5.74, 6) is 0.766. The number of para-hydroxylation sites is 1. The predicted molar refractivity (Wildman–Crippen MR) is 75.1 cm³/mol. The van der Waals surface area contributed by atoms with Crippen molar-refractivity contribution >= 4 is 33.4 Å². The van der Waals surface area contributed by atoms with Gasteiger partial charge in [0.15, 0.2) is 5.75 Å². The Morgan fingerprint density at radius 1 is 1.47 bits per heavy atom. The maximum Gasteiger partial charge on any atom is 0.156 e. The van der Waals surface area contributed by atoms with Gasteiger partial charge < -0.3 is 14.5 Å². The second kappa shape index (κ2) is 6.96. The first-order chi connectivity index (χ1) is 8.40. The Labute approximate surface area is 104 Å². The summed E-state index contributed by atoms with van der Waals surface area (Å²) in [6.07, 6.45) is 0.0302. The maximum absolute atomic E-state index is 9.33. The molecule has 3 N–H and O–H groups in total. The van der Waals surface area contributed by atoms with Crippen LogP contribution in [0, 0.1) is 0 Å². The lowest BCUT2D eigenvalue weighted by atomic mass is 10.3. The van der Waals surface area contributed by atoms with Crippen LogP contribution >= 0.6 is 33.4 Å². The van der Waals surface area contributed by atoms with E-state index < -0.39 is 7.85 Å². The molecule has 1 aromatic heterocycles. The van der Waals surface area contributed by atoms with Gasteiger partial charge in [-0.2, -0.15) is 4.51 Å². The quantitative estimate of drug-likeness (QED) is 0.814. The molecule has 17 heavy (non-hydrogen) atoms. The molecule has 0 aliphatic rings. The number of hydrogen-bond donors (Lipinski definition) is 3. The summed E-state index contributed by atoms with van der Waals surface area (Å²) in [7, 11) is 0.464. The van der Waals surface area contributed by atoms with Crippen molar-refractivity contribution in [1.82, 2.24) is 17.8 Å². The Balaban J connectivity index is 2.35. The van der Waals surface area contributed by atoms with Crippen LogP contribution in [0.3, 0.4) is 0 Å². The van der Waals surface area contributed by atoms with Crippen LogP contribution in [0.25, 0.3) is 0 Å². The SMILES string of the molecule is OCp1[nH]pn[pH][nH][pH]n1Oc1ccccc1. The van der Waals surface area contributed by atoms with Crippen LogP contribution in [0.4, 0.5) is 0 Å². The van der Waals surface area contributed by atoms with Crippen molar-refractivity contribution in [2.45, 2.75) is 6.35 Å². The fourth-order valence-corrected chi connectivity index (χ4v) is 6.03. The topological polar surface area (TPSA) is 78.9 Å². The molecule has 0 spiro atoms. The van der Waals surface area contributed by atoms with Crippen molar-refractivity contribution in [3.63, 3.8) is 0 Å². The number of benzene rings is 1. The van der Waals surface area contributed by atoms with E-state index in [1.54, 1.807) is 4.26 Å². The highest BCUT2D eigenvalue weighted by Crippen LogP contribution is 2.27. The molecule has 0 radical (unpaired) electrons. The first-order valence-electron chi connectivity index (χ1n) is 4.72. The summed E-state index contributed by atoms with van der Waals surface area (Å²) in [6, 6.07) is 9.55. The van der Waals surface area contributed by atoms with Crippen molar-refractivity contribution in [2.75, 3.05) is 0 Å². The van der Waals surface area contributed by atoms with E-state index in [-0.39, 0.29) is 14.9 Å². The van der Waals surface area contributed by atoms with Gasteiger partial charge in [0.05, 0.1) is 16.4 Å². The fourth-order valence-electron chi connectivity index (χ4n) is 1.04. The third-order valence-corrected chi connectivity index (χ3v) is 6.83. The molecule has 1 aromatic carbocycles. The van der Waals surface area contributed by atoms with Crippen LogP contribution in [0.5, 0.6) is 5.75 Å². The highest BCUT2D eigenvalue weighted by Gasteiger charge is 1.97. The van der Waals surface area contributed by atoms with Gasteiger partial charge in [0.1, 0.15) is 14.9 Å². The van der Waals surface area contributed by atoms with Gasteiger partial charge in [-0.1, -0.05) is 18.2 Å². The molecule has 3 atom stereocenters. The molecular weight excluding hydrogens is 296 g/mol. The van der Waals surface area contributed by atoms with E-state index in [1.807, 2.05) is 30.3 Å². The smallest absolute Gasteiger partial charge is 0.156 e. The standard InChI is InChI=1S/C7H12N4O2P4/c12-6-17-10-15-8-14-9-16-11(17)13-7-4-2-1-3-5-7/h1-5,9,12,14,16H,6H2,(H,8,10). The summed E-state index contributed by atoms with van der Waals surface area (Å²) in [4.78, 5) is 5.74. The Kier molecular flexibility index (Phi) is 5.25. The van der Waals surface area contributed by atoms with E-state index in [0.29, 0.717) is 8.51 Å². The lowest BCUT2D eigenvalue weighted by Crippen LogP contribution is -2.00. The number of nitrogens with zero attached hydrogens (tertiary/aromatic N) is 2. The number of aliphatic hydroxyl groups is 1. The van der Waals surface area contributed by atoms with Crippen LogP contribution in [0.15, 0.2) is 30.3 Å². The first kappa shape index (κ1) is 12.8. The second-order valence-electron chi connectivity index (χ2n) is 2.87. The molecule has 10 heteroatoms. The van der Waals surface area contributed by atoms with Crippen LogP contribution in [0.2, 0.25) is 0 Å². The molecule has 0 aliphatic carbocycles. The van der Waals surface area contributed by atoms with Gasteiger partial charge in [0.25, 0.3) is 0 Å². The molecule has 6 nitrogen and oxygen atoms in total. The van der Waals surface area contributed by atoms with E-state index in [4.69, 9.17) is 4.84 Å². The molecular formula is C7H12N4O2P4. The van der Waals surface area contributed by atoms with Crippen molar-refractivity contribution in [3.8, 4) is 5.75 Å². The third kappa shape index (κ3) is 3.96. The highest BCUT2D eigenvalue weighted by molar-refractivity contribution is 7.52. The van der Waals surface area contributed by atoms with Gasteiger partial charge in [0.2, 0.25) is 0 Å². The fraction of sp³-hybridized carbons (Fsp3) is 0.143. The number of aromatic nitrogens is 4. The number of nitrogens with one attached hydrogen (secondary N) is 2. The first-order valence-corrected chi connectivity index (χ1v) is 8.95. The van der Waals surface area contributed by atoms with Crippen molar-refractivity contribution in [1.29, 1.82) is 0 Å². The zero-order chi connectivity index (χ0) is 11.9. The second-order valence-corrected chi connectivity index (χ2v) is 8.34. The van der Waals surface area contributed by atoms with Gasteiger partial charge in [0, 0.05) is 8.51 Å². The number of rotatable bonds is 3. The van der Waals surface area contributed by atoms with Crippen LogP contribution in [-0.2, 0) is 6.35 Å². The predicted octanol–water partition coefficient (Wildman–Crippen LogP) is 3.21. The van der Waals surface area contributed by atoms with Crippen LogP contribution in [0.1, 0.15) is 0 Å². The Bertz CT molecular complexity index is 516. The number of aliphatic hydroxyl groups excluding tert-OH is 1. The van der Waals surface area contributed by atoms with E-state index in [0.717, 1.165) is 14.3 Å². The van der Waals surface area contributed by atoms with Crippen molar-refractivity contribution < 1.29 is 9.94 Å². The third-order valence-electron chi connectivity index (χ3n) is 1.76. The number of hydrogen-bond acceptors (Lipinski definition) is 3. The molecule has 2 rings (SSSR count). The minimum absolute atomic E-state index is 0.0302. The van der Waals surface area contributed by atoms with E-state index >= 15 is 0 Å². The minimum Gasteiger partial charge on any atom is -0.385 e. The Hall–Kier alpha value is -0.620. The minimum atomic E-state index is -0.935. The summed E-state index contributed by atoms with van der Waals surface area (Å²) >= 11 is 0. The summed E-state index contributed by atoms with van der Waals surface area (Å²) in [5, 5.41) is 9.33. The number of aromatic amines is 2. The summed E-state index contributed by atoms with van der Waals surface area (Å²) in [5.41, 5.74) is 0. The summed E-state index contributed by atoms with van der Waals surface area (Å²) < 4.78 is 12.2. The van der Waals surface area contributed by atoms with Gasteiger partial charge in [-0.3, -0.25) is 4.51 Å². The maximum atomic E-state index is 9.33. The molecule has 0 aliphatic heterocycles. The van der Waals surface area contributed by atoms with E-state index in [2.05, 4.69) is 13.5 Å². The molecule has 0 saturated carbocycles. The molecule has 92 valence electrons. The molecule has 0 amide bonds. The average molecular weight is 308 g/mol. The molecule has 0 fully saturated rings. The molecule has 1 heterocycles. The molecule has 0 bridgehead atoms. The Morgan fingerprint density at radius 3 is 3.06 bits per heavy atom. The normalized spacial score (nSPS) is 12.2.